The first kappa shape index (κ1) is 34.6. The van der Waals surface area contributed by atoms with Crippen molar-refractivity contribution in [3.8, 4) is 16.9 Å². The molecule has 1 atom stereocenters. The van der Waals surface area contributed by atoms with Crippen LogP contribution in [0.15, 0.2) is 72.8 Å². The van der Waals surface area contributed by atoms with Crippen LogP contribution in [0.25, 0.3) is 11.1 Å². The molecule has 44 heavy (non-hydrogen) atoms. The SMILES string of the molecule is CC(C)Oc1cc(-c2ccc(CCN(C[C@H](O)c3ccccc3)C(=O)OC(C)(C)C)cc2)ccc1C(=O)NS(=O)(=O)C(C)C. The maximum atomic E-state index is 13.0. The van der Waals surface area contributed by atoms with Gasteiger partial charge in [0.05, 0.1) is 29.6 Å². The molecule has 0 saturated carbocycles. The van der Waals surface area contributed by atoms with Crippen LogP contribution in [0.3, 0.4) is 0 Å². The zero-order valence-electron chi connectivity index (χ0n) is 26.5. The van der Waals surface area contributed by atoms with Gasteiger partial charge in [-0.3, -0.25) is 4.79 Å². The fourth-order valence-electron chi connectivity index (χ4n) is 4.24. The molecule has 3 aromatic carbocycles. The van der Waals surface area contributed by atoms with Gasteiger partial charge in [0.2, 0.25) is 10.0 Å². The molecule has 0 fully saturated rings. The number of rotatable bonds is 12. The lowest BCUT2D eigenvalue weighted by molar-refractivity contribution is 0.0147. The molecule has 10 heteroatoms. The van der Waals surface area contributed by atoms with E-state index in [-0.39, 0.29) is 24.0 Å². The average molecular weight is 625 g/mol. The Labute approximate surface area is 261 Å². The summed E-state index contributed by atoms with van der Waals surface area (Å²) in [5.41, 5.74) is 2.81. The van der Waals surface area contributed by atoms with E-state index >= 15 is 0 Å². The fourth-order valence-corrected chi connectivity index (χ4v) is 4.85. The highest BCUT2D eigenvalue weighted by Gasteiger charge is 2.25. The number of hydrogen-bond acceptors (Lipinski definition) is 7. The van der Waals surface area contributed by atoms with Crippen LogP contribution in [-0.4, -0.2) is 60.5 Å². The van der Waals surface area contributed by atoms with E-state index < -0.39 is 39.0 Å². The third-order valence-electron chi connectivity index (χ3n) is 6.63. The molecule has 0 spiro atoms. The topological polar surface area (TPSA) is 122 Å². The predicted molar refractivity (Wildman–Crippen MR) is 172 cm³/mol. The molecule has 0 saturated heterocycles. The highest BCUT2D eigenvalue weighted by molar-refractivity contribution is 7.90. The molecule has 0 aromatic heterocycles. The Bertz CT molecular complexity index is 1510. The lowest BCUT2D eigenvalue weighted by Gasteiger charge is -2.29. The van der Waals surface area contributed by atoms with E-state index in [1.165, 1.54) is 18.7 Å². The normalized spacial score (nSPS) is 12.6. The number of nitrogens with one attached hydrogen (secondary N) is 1. The number of benzene rings is 3. The monoisotopic (exact) mass is 624 g/mol. The second-order valence-electron chi connectivity index (χ2n) is 12.2. The van der Waals surface area contributed by atoms with Crippen molar-refractivity contribution < 1.29 is 32.6 Å². The summed E-state index contributed by atoms with van der Waals surface area (Å²) in [7, 11) is -3.81. The van der Waals surface area contributed by atoms with Crippen LogP contribution >= 0.6 is 0 Å². The first-order chi connectivity index (χ1) is 20.6. The molecule has 0 bridgehead atoms. The highest BCUT2D eigenvalue weighted by atomic mass is 32.2. The molecular weight excluding hydrogens is 580 g/mol. The molecule has 0 aliphatic carbocycles. The van der Waals surface area contributed by atoms with Gasteiger partial charge in [-0.1, -0.05) is 60.7 Å². The average Bonchev–Trinajstić information content (AvgIpc) is 2.94. The Morgan fingerprint density at radius 3 is 2.09 bits per heavy atom. The molecule has 0 heterocycles. The summed E-state index contributed by atoms with van der Waals surface area (Å²) < 4.78 is 38.1. The minimum atomic E-state index is -3.81. The Morgan fingerprint density at radius 2 is 1.52 bits per heavy atom. The summed E-state index contributed by atoms with van der Waals surface area (Å²) in [6, 6.07) is 22.0. The van der Waals surface area contributed by atoms with Crippen molar-refractivity contribution in [2.45, 2.75) is 77.9 Å². The Hall–Kier alpha value is -3.89. The van der Waals surface area contributed by atoms with Gasteiger partial charge in [-0.25, -0.2) is 17.9 Å². The van der Waals surface area contributed by atoms with Gasteiger partial charge in [0.25, 0.3) is 5.91 Å². The van der Waals surface area contributed by atoms with Crippen LogP contribution in [-0.2, 0) is 21.2 Å². The number of ether oxygens (including phenoxy) is 2. The Kier molecular flexibility index (Phi) is 11.6. The summed E-state index contributed by atoms with van der Waals surface area (Å²) in [6.45, 7) is 12.5. The van der Waals surface area contributed by atoms with Crippen molar-refractivity contribution in [2.24, 2.45) is 0 Å². The molecule has 3 rings (SSSR count). The maximum Gasteiger partial charge on any atom is 0.410 e. The molecule has 0 unspecified atom stereocenters. The highest BCUT2D eigenvalue weighted by Crippen LogP contribution is 2.29. The van der Waals surface area contributed by atoms with Crippen molar-refractivity contribution in [2.75, 3.05) is 13.1 Å². The minimum Gasteiger partial charge on any atom is -0.490 e. The van der Waals surface area contributed by atoms with Gasteiger partial charge in [-0.05, 0) is 89.3 Å². The quantitative estimate of drug-likeness (QED) is 0.249. The smallest absolute Gasteiger partial charge is 0.410 e. The van der Waals surface area contributed by atoms with Crippen molar-refractivity contribution in [1.82, 2.24) is 9.62 Å². The molecule has 238 valence electrons. The molecule has 0 aliphatic heterocycles. The number of carbonyl (C=O) groups excluding carboxylic acids is 2. The zero-order chi connectivity index (χ0) is 32.7. The largest absolute Gasteiger partial charge is 0.490 e. The van der Waals surface area contributed by atoms with E-state index in [2.05, 4.69) is 4.72 Å². The molecule has 3 aromatic rings. The number of sulfonamides is 1. The van der Waals surface area contributed by atoms with Crippen LogP contribution in [0.2, 0.25) is 0 Å². The molecule has 2 N–H and O–H groups in total. The van der Waals surface area contributed by atoms with Crippen molar-refractivity contribution in [3.05, 3.63) is 89.5 Å². The van der Waals surface area contributed by atoms with Crippen molar-refractivity contribution in [3.63, 3.8) is 0 Å². The lowest BCUT2D eigenvalue weighted by Crippen LogP contribution is -2.40. The standard InChI is InChI=1S/C34H44N2O7S/c1-23(2)42-31-21-28(17-18-29(31)32(38)35-44(40,41)24(3)4)26-15-13-25(14-16-26)19-20-36(33(39)43-34(5,6)7)22-30(37)27-11-9-8-10-12-27/h8-18,21,23-24,30,37H,19-20,22H2,1-7H3,(H,35,38)/t30-/m0/s1. The second kappa shape index (κ2) is 14.7. The van der Waals surface area contributed by atoms with Gasteiger partial charge in [0.1, 0.15) is 11.4 Å². The van der Waals surface area contributed by atoms with Crippen molar-refractivity contribution in [1.29, 1.82) is 0 Å². The first-order valence-electron chi connectivity index (χ1n) is 14.7. The van der Waals surface area contributed by atoms with Crippen LogP contribution in [0, 0.1) is 0 Å². The van der Waals surface area contributed by atoms with Crippen LogP contribution in [0.5, 0.6) is 5.75 Å². The van der Waals surface area contributed by atoms with E-state index in [0.29, 0.717) is 13.0 Å². The molecule has 2 amide bonds. The first-order valence-corrected chi connectivity index (χ1v) is 16.3. The summed E-state index contributed by atoms with van der Waals surface area (Å²) in [5.74, 6) is -0.466. The van der Waals surface area contributed by atoms with Crippen LogP contribution in [0.4, 0.5) is 4.79 Å². The summed E-state index contributed by atoms with van der Waals surface area (Å²) in [5, 5.41) is 10.0. The van der Waals surface area contributed by atoms with E-state index in [4.69, 9.17) is 9.47 Å². The lowest BCUT2D eigenvalue weighted by atomic mass is 10.0. The van der Waals surface area contributed by atoms with E-state index in [9.17, 15) is 23.1 Å². The van der Waals surface area contributed by atoms with Crippen molar-refractivity contribution >= 4 is 22.0 Å². The van der Waals surface area contributed by atoms with Crippen LogP contribution < -0.4 is 9.46 Å². The van der Waals surface area contributed by atoms with E-state index in [1.54, 1.807) is 39.0 Å². The Balaban J connectivity index is 1.78. The number of aliphatic hydroxyl groups excluding tert-OH is 1. The number of nitrogens with zero attached hydrogens (tertiary/aromatic N) is 1. The maximum absolute atomic E-state index is 13.0. The molecule has 9 nitrogen and oxygen atoms in total. The second-order valence-corrected chi connectivity index (χ2v) is 14.4. The van der Waals surface area contributed by atoms with Gasteiger partial charge in [-0.2, -0.15) is 0 Å². The molecule has 0 radical (unpaired) electrons. The molecule has 0 aliphatic rings. The third kappa shape index (κ3) is 10.1. The number of aliphatic hydroxyl groups is 1. The minimum absolute atomic E-state index is 0.0913. The third-order valence-corrected chi connectivity index (χ3v) is 8.34. The van der Waals surface area contributed by atoms with Gasteiger partial charge >= 0.3 is 6.09 Å². The predicted octanol–water partition coefficient (Wildman–Crippen LogP) is 6.12. The molecular formula is C34H44N2O7S. The van der Waals surface area contributed by atoms with Gasteiger partial charge in [-0.15, -0.1) is 0 Å². The number of amides is 2. The zero-order valence-corrected chi connectivity index (χ0v) is 27.4. The summed E-state index contributed by atoms with van der Waals surface area (Å²) in [6.07, 6.45) is -1.06. The summed E-state index contributed by atoms with van der Waals surface area (Å²) >= 11 is 0. The van der Waals surface area contributed by atoms with Crippen LogP contribution in [0.1, 0.15) is 76.1 Å². The number of hydrogen-bond donors (Lipinski definition) is 2. The van der Waals surface area contributed by atoms with E-state index in [0.717, 1.165) is 22.3 Å². The van der Waals surface area contributed by atoms with E-state index in [1.807, 2.05) is 68.4 Å². The Morgan fingerprint density at radius 1 is 0.909 bits per heavy atom. The van der Waals surface area contributed by atoms with Gasteiger partial charge in [0.15, 0.2) is 0 Å². The fraction of sp³-hybridized carbons (Fsp3) is 0.412. The number of carbonyl (C=O) groups is 2. The van der Waals surface area contributed by atoms with Gasteiger partial charge < -0.3 is 19.5 Å². The van der Waals surface area contributed by atoms with Gasteiger partial charge in [0, 0.05) is 6.54 Å². The summed E-state index contributed by atoms with van der Waals surface area (Å²) in [4.78, 5) is 27.4.